The van der Waals surface area contributed by atoms with E-state index in [0.717, 1.165) is 62.9 Å². The number of ether oxygens (including phenoxy) is 3. The summed E-state index contributed by atoms with van der Waals surface area (Å²) in [7, 11) is 1.64. The summed E-state index contributed by atoms with van der Waals surface area (Å²) in [6.45, 7) is 6.39. The number of amides is 1. The van der Waals surface area contributed by atoms with Gasteiger partial charge in [0.2, 0.25) is 5.91 Å². The van der Waals surface area contributed by atoms with Crippen molar-refractivity contribution in [2.75, 3.05) is 46.5 Å². The fraction of sp³-hybridized carbons (Fsp3) is 0.567. The normalized spacial score (nSPS) is 20.7. The second-order valence-corrected chi connectivity index (χ2v) is 11.0. The lowest BCUT2D eigenvalue weighted by atomic mass is 9.93. The molecule has 4 rings (SSSR count). The summed E-state index contributed by atoms with van der Waals surface area (Å²) in [6.07, 6.45) is 6.22. The third-order valence-electron chi connectivity index (χ3n) is 7.35. The molecule has 2 aromatic carbocycles. The minimum Gasteiger partial charge on any atom is -0.493 e. The van der Waals surface area contributed by atoms with E-state index in [2.05, 4.69) is 4.90 Å². The Kier molecular flexibility index (Phi) is 10.2. The number of piperidine rings is 1. The van der Waals surface area contributed by atoms with E-state index in [1.807, 2.05) is 48.2 Å². The molecule has 0 saturated carbocycles. The van der Waals surface area contributed by atoms with Crippen molar-refractivity contribution in [3.8, 4) is 17.2 Å². The second-order valence-electron chi connectivity index (χ2n) is 10.6. The predicted octanol–water partition coefficient (Wildman–Crippen LogP) is 5.23. The quantitative estimate of drug-likeness (QED) is 0.390. The van der Waals surface area contributed by atoms with Crippen molar-refractivity contribution in [2.45, 2.75) is 64.0 Å². The summed E-state index contributed by atoms with van der Waals surface area (Å²) in [5.74, 6) is 2.26. The van der Waals surface area contributed by atoms with Crippen LogP contribution in [0.1, 0.15) is 56.1 Å². The number of hydrogen-bond donors (Lipinski definition) is 1. The Morgan fingerprint density at radius 3 is 2.71 bits per heavy atom. The van der Waals surface area contributed by atoms with Gasteiger partial charge in [0.25, 0.3) is 0 Å². The maximum atomic E-state index is 12.2. The van der Waals surface area contributed by atoms with Gasteiger partial charge >= 0.3 is 0 Å². The minimum absolute atomic E-state index is 0.198. The van der Waals surface area contributed by atoms with Crippen molar-refractivity contribution in [2.24, 2.45) is 0 Å². The number of likely N-dealkylation sites (tertiary alicyclic amines) is 2. The lowest BCUT2D eigenvalue weighted by molar-refractivity contribution is -0.130. The topological polar surface area (TPSA) is 71.5 Å². The molecule has 0 aliphatic carbocycles. The van der Waals surface area contributed by atoms with Crippen LogP contribution in [0.15, 0.2) is 36.4 Å². The molecule has 38 heavy (non-hydrogen) atoms. The molecule has 8 heteroatoms. The first kappa shape index (κ1) is 28.5. The molecule has 2 aliphatic heterocycles. The average molecular weight is 545 g/mol. The predicted molar refractivity (Wildman–Crippen MR) is 149 cm³/mol. The zero-order valence-corrected chi connectivity index (χ0v) is 23.5. The number of aryl methyl sites for hydroxylation is 1. The Hall–Kier alpha value is -2.48. The number of hydrogen-bond acceptors (Lipinski definition) is 6. The highest BCUT2D eigenvalue weighted by atomic mass is 35.5. The van der Waals surface area contributed by atoms with E-state index in [4.69, 9.17) is 25.8 Å². The second kappa shape index (κ2) is 13.5. The molecule has 0 bridgehead atoms. The highest BCUT2D eigenvalue weighted by molar-refractivity contribution is 6.32. The lowest BCUT2D eigenvalue weighted by Crippen LogP contribution is -2.51. The Balaban J connectivity index is 1.30. The molecule has 0 spiro atoms. The van der Waals surface area contributed by atoms with Gasteiger partial charge in [-0.15, -0.1) is 0 Å². The maximum absolute atomic E-state index is 12.2. The number of aliphatic hydroxyl groups is 1. The molecular weight excluding hydrogens is 504 g/mol. The average Bonchev–Trinajstić information content (AvgIpc) is 3.11. The van der Waals surface area contributed by atoms with Gasteiger partial charge in [-0.3, -0.25) is 9.69 Å². The molecule has 2 heterocycles. The van der Waals surface area contributed by atoms with E-state index in [-0.39, 0.29) is 12.5 Å². The number of carbonyl (C=O) groups excluding carboxylic acids is 1. The van der Waals surface area contributed by atoms with Crippen LogP contribution in [0.3, 0.4) is 0 Å². The highest BCUT2D eigenvalue weighted by Crippen LogP contribution is 2.31. The fourth-order valence-electron chi connectivity index (χ4n) is 5.30. The number of nitrogens with zero attached hydrogens (tertiary/aromatic N) is 2. The molecule has 1 amide bonds. The number of β-amino-alcohol motifs (C(OH)–C–C–N with tert-alkyl or cyclic N) is 1. The summed E-state index contributed by atoms with van der Waals surface area (Å²) < 4.78 is 17.6. The Morgan fingerprint density at radius 1 is 1.00 bits per heavy atom. The molecule has 7 nitrogen and oxygen atoms in total. The first-order valence-corrected chi connectivity index (χ1v) is 14.1. The number of carbonyl (C=O) groups is 1. The van der Waals surface area contributed by atoms with E-state index in [9.17, 15) is 9.90 Å². The third kappa shape index (κ3) is 8.01. The van der Waals surface area contributed by atoms with Crippen LogP contribution < -0.4 is 14.2 Å². The number of rotatable bonds is 11. The molecule has 208 valence electrons. The van der Waals surface area contributed by atoms with E-state index < -0.39 is 5.60 Å². The van der Waals surface area contributed by atoms with Crippen molar-refractivity contribution >= 4 is 17.5 Å². The van der Waals surface area contributed by atoms with Gasteiger partial charge in [0.1, 0.15) is 18.0 Å². The van der Waals surface area contributed by atoms with Crippen LogP contribution in [0.2, 0.25) is 5.02 Å². The highest BCUT2D eigenvalue weighted by Gasteiger charge is 2.34. The zero-order valence-electron chi connectivity index (χ0n) is 22.7. The molecular formula is C30H41ClN2O5. The standard InChI is InChI=1S/C30H41ClN2O5/c1-23-9-11-25(31)27(18-23)38-22-30(35)13-6-14-32(21-30)20-24-10-12-26(36-2)28(19-24)37-17-7-16-33-15-5-3-4-8-29(33)34/h9-12,18-19,35H,3-8,13-17,20-22H2,1-2H3/t30-/m1/s1. The Bertz CT molecular complexity index is 1080. The van der Waals surface area contributed by atoms with Crippen LogP contribution in [0.4, 0.5) is 0 Å². The summed E-state index contributed by atoms with van der Waals surface area (Å²) in [4.78, 5) is 16.5. The summed E-state index contributed by atoms with van der Waals surface area (Å²) in [6, 6.07) is 11.7. The third-order valence-corrected chi connectivity index (χ3v) is 7.67. The Labute approximate surface area is 231 Å². The van der Waals surface area contributed by atoms with E-state index in [0.29, 0.717) is 54.8 Å². The van der Waals surface area contributed by atoms with E-state index in [1.165, 1.54) is 0 Å². The number of halogens is 1. The molecule has 2 aliphatic rings. The SMILES string of the molecule is COc1ccc(CN2CCC[C@](O)(COc3cc(C)ccc3Cl)C2)cc1OCCCN1CCCCCC1=O. The van der Waals surface area contributed by atoms with Crippen molar-refractivity contribution in [3.63, 3.8) is 0 Å². The molecule has 2 saturated heterocycles. The van der Waals surface area contributed by atoms with Crippen LogP contribution in [0.25, 0.3) is 0 Å². The van der Waals surface area contributed by atoms with Crippen LogP contribution in [0.5, 0.6) is 17.2 Å². The molecule has 1 atom stereocenters. The summed E-state index contributed by atoms with van der Waals surface area (Å²) >= 11 is 6.28. The van der Waals surface area contributed by atoms with Crippen LogP contribution in [-0.4, -0.2) is 72.9 Å². The molecule has 0 radical (unpaired) electrons. The smallest absolute Gasteiger partial charge is 0.222 e. The van der Waals surface area contributed by atoms with Gasteiger partial charge in [-0.1, -0.05) is 30.2 Å². The molecule has 0 unspecified atom stereocenters. The van der Waals surface area contributed by atoms with Crippen molar-refractivity contribution in [3.05, 3.63) is 52.5 Å². The van der Waals surface area contributed by atoms with Gasteiger partial charge in [-0.05, 0) is 81.0 Å². The van der Waals surface area contributed by atoms with E-state index in [1.54, 1.807) is 7.11 Å². The first-order chi connectivity index (χ1) is 18.3. The first-order valence-electron chi connectivity index (χ1n) is 13.8. The van der Waals surface area contributed by atoms with Crippen LogP contribution in [-0.2, 0) is 11.3 Å². The van der Waals surface area contributed by atoms with Crippen molar-refractivity contribution in [1.82, 2.24) is 9.80 Å². The Morgan fingerprint density at radius 2 is 1.87 bits per heavy atom. The molecule has 0 aromatic heterocycles. The lowest BCUT2D eigenvalue weighted by Gasteiger charge is -2.39. The van der Waals surface area contributed by atoms with Crippen LogP contribution >= 0.6 is 11.6 Å². The fourth-order valence-corrected chi connectivity index (χ4v) is 5.47. The van der Waals surface area contributed by atoms with Crippen LogP contribution in [0, 0.1) is 6.92 Å². The monoisotopic (exact) mass is 544 g/mol. The maximum Gasteiger partial charge on any atom is 0.222 e. The van der Waals surface area contributed by atoms with Gasteiger partial charge in [-0.2, -0.15) is 0 Å². The van der Waals surface area contributed by atoms with E-state index >= 15 is 0 Å². The zero-order chi connectivity index (χ0) is 27.0. The van der Waals surface area contributed by atoms with Crippen molar-refractivity contribution < 1.29 is 24.1 Å². The van der Waals surface area contributed by atoms with Gasteiger partial charge < -0.3 is 24.2 Å². The summed E-state index contributed by atoms with van der Waals surface area (Å²) in [5.41, 5.74) is 1.21. The number of benzene rings is 2. The van der Waals surface area contributed by atoms with Gasteiger partial charge in [-0.25, -0.2) is 0 Å². The summed E-state index contributed by atoms with van der Waals surface area (Å²) in [5, 5.41) is 11.8. The molecule has 1 N–H and O–H groups in total. The largest absolute Gasteiger partial charge is 0.493 e. The van der Waals surface area contributed by atoms with Crippen molar-refractivity contribution in [1.29, 1.82) is 0 Å². The number of methoxy groups -OCH3 is 1. The van der Waals surface area contributed by atoms with Gasteiger partial charge in [0.15, 0.2) is 11.5 Å². The minimum atomic E-state index is -0.943. The molecule has 2 aromatic rings. The molecule has 2 fully saturated rings. The van der Waals surface area contributed by atoms with Gasteiger partial charge in [0, 0.05) is 32.6 Å². The van der Waals surface area contributed by atoms with Gasteiger partial charge in [0.05, 0.1) is 18.7 Å².